The molecule has 0 fully saturated rings. The Balaban J connectivity index is 2.00. The van der Waals surface area contributed by atoms with Crippen LogP contribution >= 0.6 is 0 Å². The van der Waals surface area contributed by atoms with E-state index in [2.05, 4.69) is 0 Å². The van der Waals surface area contributed by atoms with Crippen LogP contribution in [0.3, 0.4) is 0 Å². The van der Waals surface area contributed by atoms with E-state index in [0.29, 0.717) is 19.6 Å². The van der Waals surface area contributed by atoms with Crippen molar-refractivity contribution in [2.24, 2.45) is 0 Å². The van der Waals surface area contributed by atoms with Crippen LogP contribution in [0.15, 0.2) is 47.4 Å². The van der Waals surface area contributed by atoms with Gasteiger partial charge in [0.2, 0.25) is 0 Å². The van der Waals surface area contributed by atoms with Gasteiger partial charge < -0.3 is 14.4 Å². The van der Waals surface area contributed by atoms with Gasteiger partial charge in [-0.3, -0.25) is 9.59 Å². The molecule has 1 N–H and O–H groups in total. The molecule has 0 spiro atoms. The Bertz CT molecular complexity index is 689. The molecule has 0 bridgehead atoms. The van der Waals surface area contributed by atoms with Gasteiger partial charge in [-0.25, -0.2) is 0 Å². The average molecular weight is 301 g/mol. The van der Waals surface area contributed by atoms with Crippen molar-refractivity contribution >= 4 is 5.97 Å². The molecule has 0 radical (unpaired) electrons. The van der Waals surface area contributed by atoms with Crippen LogP contribution in [0.25, 0.3) is 0 Å². The van der Waals surface area contributed by atoms with Gasteiger partial charge in [-0.05, 0) is 31.0 Å². The number of carbonyl (C=O) groups is 1. The Morgan fingerprint density at radius 2 is 1.95 bits per heavy atom. The molecule has 2 rings (SSSR count). The molecule has 1 aromatic carbocycles. The number of ether oxygens (including phenoxy) is 1. The third kappa shape index (κ3) is 4.48. The molecular formula is C17H19NO4. The number of rotatable bonds is 7. The van der Waals surface area contributed by atoms with Gasteiger partial charge in [-0.15, -0.1) is 0 Å². The van der Waals surface area contributed by atoms with Crippen LogP contribution in [0, 0.1) is 6.92 Å². The molecule has 0 saturated carbocycles. The van der Waals surface area contributed by atoms with Crippen molar-refractivity contribution in [2.75, 3.05) is 0 Å². The van der Waals surface area contributed by atoms with Crippen LogP contribution < -0.4 is 10.3 Å². The topological polar surface area (TPSA) is 68.5 Å². The maximum absolute atomic E-state index is 12.2. The molecule has 5 heteroatoms. The van der Waals surface area contributed by atoms with Gasteiger partial charge in [0.15, 0.2) is 5.75 Å². The first-order valence-electron chi connectivity index (χ1n) is 7.16. The lowest BCUT2D eigenvalue weighted by atomic mass is 10.2. The lowest BCUT2D eigenvalue weighted by Crippen LogP contribution is -2.21. The number of nitrogens with zero attached hydrogens (tertiary/aromatic N) is 1. The SMILES string of the molecule is Cc1ccc(COc2cccn(CCCC(=O)O)c2=O)cc1. The van der Waals surface area contributed by atoms with E-state index in [1.165, 1.54) is 10.1 Å². The number of aryl methyl sites for hydroxylation is 2. The fourth-order valence-electron chi connectivity index (χ4n) is 2.05. The summed E-state index contributed by atoms with van der Waals surface area (Å²) in [6.45, 7) is 2.71. The van der Waals surface area contributed by atoms with E-state index in [1.54, 1.807) is 18.3 Å². The first-order chi connectivity index (χ1) is 10.6. The molecule has 1 heterocycles. The monoisotopic (exact) mass is 301 g/mol. The van der Waals surface area contributed by atoms with E-state index in [1.807, 2.05) is 31.2 Å². The fraction of sp³-hybridized carbons (Fsp3) is 0.294. The normalized spacial score (nSPS) is 10.4. The van der Waals surface area contributed by atoms with Gasteiger partial charge in [0.05, 0.1) is 0 Å². The summed E-state index contributed by atoms with van der Waals surface area (Å²) >= 11 is 0. The van der Waals surface area contributed by atoms with Crippen molar-refractivity contribution in [2.45, 2.75) is 32.9 Å². The van der Waals surface area contributed by atoms with Gasteiger partial charge in [0, 0.05) is 19.2 Å². The Hall–Kier alpha value is -2.56. The first-order valence-corrected chi connectivity index (χ1v) is 7.16. The number of hydrogen-bond donors (Lipinski definition) is 1. The zero-order valence-corrected chi connectivity index (χ0v) is 12.5. The molecule has 0 aliphatic heterocycles. The Morgan fingerprint density at radius 1 is 1.23 bits per heavy atom. The maximum atomic E-state index is 12.2. The Kier molecular flexibility index (Phi) is 5.36. The van der Waals surface area contributed by atoms with Gasteiger partial charge in [0.1, 0.15) is 6.61 Å². The number of carboxylic acids is 1. The number of hydrogen-bond acceptors (Lipinski definition) is 3. The minimum Gasteiger partial charge on any atom is -0.483 e. The molecule has 5 nitrogen and oxygen atoms in total. The third-order valence-corrected chi connectivity index (χ3v) is 3.29. The van der Waals surface area contributed by atoms with E-state index in [-0.39, 0.29) is 17.7 Å². The van der Waals surface area contributed by atoms with Crippen molar-refractivity contribution in [1.82, 2.24) is 4.57 Å². The molecule has 116 valence electrons. The largest absolute Gasteiger partial charge is 0.483 e. The lowest BCUT2D eigenvalue weighted by molar-refractivity contribution is -0.137. The summed E-state index contributed by atoms with van der Waals surface area (Å²) in [5.41, 5.74) is 1.93. The van der Waals surface area contributed by atoms with Gasteiger partial charge in [0.25, 0.3) is 5.56 Å². The molecule has 0 saturated heterocycles. The summed E-state index contributed by atoms with van der Waals surface area (Å²) in [5.74, 6) is -0.585. The Labute approximate surface area is 128 Å². The minimum atomic E-state index is -0.861. The fourth-order valence-corrected chi connectivity index (χ4v) is 2.05. The van der Waals surface area contributed by atoms with Crippen LogP contribution in [-0.4, -0.2) is 15.6 Å². The highest BCUT2D eigenvalue weighted by Crippen LogP contribution is 2.09. The summed E-state index contributed by atoms with van der Waals surface area (Å²) in [6.07, 6.45) is 2.10. The smallest absolute Gasteiger partial charge is 0.303 e. The van der Waals surface area contributed by atoms with Crippen molar-refractivity contribution in [3.63, 3.8) is 0 Å². The van der Waals surface area contributed by atoms with Gasteiger partial charge >= 0.3 is 5.97 Å². The second-order valence-corrected chi connectivity index (χ2v) is 5.14. The quantitative estimate of drug-likeness (QED) is 0.853. The maximum Gasteiger partial charge on any atom is 0.303 e. The van der Waals surface area contributed by atoms with E-state index in [9.17, 15) is 9.59 Å². The van der Waals surface area contributed by atoms with E-state index >= 15 is 0 Å². The van der Waals surface area contributed by atoms with Crippen LogP contribution in [0.4, 0.5) is 0 Å². The first kappa shape index (κ1) is 15.8. The second kappa shape index (κ2) is 7.45. The van der Waals surface area contributed by atoms with Crippen molar-refractivity contribution in [3.05, 3.63) is 64.1 Å². The van der Waals surface area contributed by atoms with Crippen molar-refractivity contribution in [3.8, 4) is 5.75 Å². The predicted octanol–water partition coefficient (Wildman–Crippen LogP) is 2.60. The number of aromatic nitrogens is 1. The molecule has 0 aliphatic rings. The van der Waals surface area contributed by atoms with Gasteiger partial charge in [-0.1, -0.05) is 29.8 Å². The number of pyridine rings is 1. The zero-order valence-electron chi connectivity index (χ0n) is 12.5. The molecule has 22 heavy (non-hydrogen) atoms. The molecular weight excluding hydrogens is 282 g/mol. The zero-order chi connectivity index (χ0) is 15.9. The van der Waals surface area contributed by atoms with Crippen LogP contribution in [0.5, 0.6) is 5.75 Å². The van der Waals surface area contributed by atoms with Crippen molar-refractivity contribution in [1.29, 1.82) is 0 Å². The number of carboxylic acid groups (broad SMARTS) is 1. The average Bonchev–Trinajstić information content (AvgIpc) is 2.49. The van der Waals surface area contributed by atoms with Gasteiger partial charge in [-0.2, -0.15) is 0 Å². The molecule has 1 aromatic heterocycles. The second-order valence-electron chi connectivity index (χ2n) is 5.14. The summed E-state index contributed by atoms with van der Waals surface area (Å²) in [7, 11) is 0. The summed E-state index contributed by atoms with van der Waals surface area (Å²) < 4.78 is 7.06. The Morgan fingerprint density at radius 3 is 2.64 bits per heavy atom. The summed E-state index contributed by atoms with van der Waals surface area (Å²) in [5, 5.41) is 8.63. The molecule has 2 aromatic rings. The molecule has 0 amide bonds. The third-order valence-electron chi connectivity index (χ3n) is 3.29. The van der Waals surface area contributed by atoms with Crippen LogP contribution in [0.2, 0.25) is 0 Å². The predicted molar refractivity (Wildman–Crippen MR) is 83.1 cm³/mol. The minimum absolute atomic E-state index is 0.0426. The number of aliphatic carboxylic acids is 1. The van der Waals surface area contributed by atoms with E-state index in [4.69, 9.17) is 9.84 Å². The van der Waals surface area contributed by atoms with E-state index < -0.39 is 5.97 Å². The molecule has 0 aliphatic carbocycles. The van der Waals surface area contributed by atoms with Crippen LogP contribution in [0.1, 0.15) is 24.0 Å². The highest BCUT2D eigenvalue weighted by atomic mass is 16.5. The number of benzene rings is 1. The summed E-state index contributed by atoms with van der Waals surface area (Å²) in [4.78, 5) is 22.7. The standard InChI is InChI=1S/C17H19NO4/c1-13-6-8-14(9-7-13)12-22-15-4-2-10-18(17(15)21)11-3-5-16(19)20/h2,4,6-10H,3,5,11-12H2,1H3,(H,19,20). The summed E-state index contributed by atoms with van der Waals surface area (Å²) in [6, 6.07) is 11.3. The lowest BCUT2D eigenvalue weighted by Gasteiger charge is -2.09. The molecule has 0 unspecified atom stereocenters. The highest BCUT2D eigenvalue weighted by molar-refractivity contribution is 5.66. The van der Waals surface area contributed by atoms with Crippen LogP contribution in [-0.2, 0) is 17.9 Å². The van der Waals surface area contributed by atoms with E-state index in [0.717, 1.165) is 5.56 Å². The van der Waals surface area contributed by atoms with Crippen molar-refractivity contribution < 1.29 is 14.6 Å². The highest BCUT2D eigenvalue weighted by Gasteiger charge is 2.05. The molecule has 0 atom stereocenters.